The average molecular weight is 274 g/mol. The molecule has 2 aromatic heterocycles. The molecule has 0 aliphatic carbocycles. The van der Waals surface area contributed by atoms with E-state index in [0.717, 1.165) is 15.3 Å². The number of nitrogens with one attached hydrogen (secondary N) is 1. The second-order valence-corrected chi connectivity index (χ2v) is 5.48. The van der Waals surface area contributed by atoms with Crippen molar-refractivity contribution in [2.45, 2.75) is 19.9 Å². The van der Waals surface area contributed by atoms with Gasteiger partial charge in [0.1, 0.15) is 0 Å². The van der Waals surface area contributed by atoms with Gasteiger partial charge in [-0.15, -0.1) is 5.10 Å². The van der Waals surface area contributed by atoms with Crippen LogP contribution in [0.2, 0.25) is 0 Å². The van der Waals surface area contributed by atoms with Gasteiger partial charge < -0.3 is 11.1 Å². The first-order valence-corrected chi connectivity index (χ1v) is 6.80. The fourth-order valence-corrected chi connectivity index (χ4v) is 2.66. The molecule has 3 N–H and O–H groups in total. The molecule has 0 saturated carbocycles. The number of hydrogen-bond acceptors (Lipinski definition) is 6. The third-order valence-corrected chi connectivity index (χ3v) is 3.53. The molecule has 1 aromatic carbocycles. The van der Waals surface area contributed by atoms with Crippen molar-refractivity contribution < 1.29 is 0 Å². The van der Waals surface area contributed by atoms with Gasteiger partial charge in [-0.1, -0.05) is 23.5 Å². The van der Waals surface area contributed by atoms with E-state index >= 15 is 0 Å². The van der Waals surface area contributed by atoms with E-state index in [1.807, 2.05) is 38.1 Å². The van der Waals surface area contributed by atoms with Gasteiger partial charge in [0.25, 0.3) is 0 Å². The van der Waals surface area contributed by atoms with Crippen LogP contribution in [0.4, 0.5) is 11.9 Å². The number of nitrogens with two attached hydrogens (primary N) is 1. The molecule has 0 amide bonds. The summed E-state index contributed by atoms with van der Waals surface area (Å²) < 4.78 is 2.67. The number of nitrogens with zero attached hydrogens (tertiary/aromatic N) is 4. The van der Waals surface area contributed by atoms with E-state index in [4.69, 9.17) is 5.73 Å². The van der Waals surface area contributed by atoms with Gasteiger partial charge in [-0.2, -0.15) is 9.67 Å². The van der Waals surface area contributed by atoms with Crippen molar-refractivity contribution in [3.63, 3.8) is 0 Å². The van der Waals surface area contributed by atoms with Crippen molar-refractivity contribution in [3.05, 3.63) is 24.3 Å². The van der Waals surface area contributed by atoms with Gasteiger partial charge in [0.15, 0.2) is 0 Å². The SMILES string of the molecule is CC(C)Nc1nc(N)n(-c2nc3ccccc3s2)n1. The molecule has 0 radical (unpaired) electrons. The summed E-state index contributed by atoms with van der Waals surface area (Å²) in [5.41, 5.74) is 6.83. The summed E-state index contributed by atoms with van der Waals surface area (Å²) in [7, 11) is 0. The zero-order chi connectivity index (χ0) is 13.4. The van der Waals surface area contributed by atoms with Crippen LogP contribution in [0.1, 0.15) is 13.8 Å². The third-order valence-electron chi connectivity index (χ3n) is 2.51. The molecule has 3 aromatic rings. The molecule has 0 bridgehead atoms. The molecule has 19 heavy (non-hydrogen) atoms. The molecule has 0 aliphatic rings. The average Bonchev–Trinajstić information content (AvgIpc) is 2.91. The van der Waals surface area contributed by atoms with E-state index in [2.05, 4.69) is 20.4 Å². The van der Waals surface area contributed by atoms with E-state index < -0.39 is 0 Å². The van der Waals surface area contributed by atoms with Crippen LogP contribution >= 0.6 is 11.3 Å². The maximum Gasteiger partial charge on any atom is 0.244 e. The molecule has 0 unspecified atom stereocenters. The highest BCUT2D eigenvalue weighted by Crippen LogP contribution is 2.25. The lowest BCUT2D eigenvalue weighted by Crippen LogP contribution is -2.11. The standard InChI is InChI=1S/C12H14N6S/c1-7(2)14-11-16-10(13)18(17-11)12-15-8-5-3-4-6-9(8)19-12/h3-7H,1-2H3,(H3,13,14,16,17). The Kier molecular flexibility index (Phi) is 2.83. The Labute approximate surface area is 114 Å². The first kappa shape index (κ1) is 11.9. The van der Waals surface area contributed by atoms with Crippen LogP contribution in [-0.4, -0.2) is 25.8 Å². The van der Waals surface area contributed by atoms with Gasteiger partial charge in [-0.25, -0.2) is 4.98 Å². The maximum atomic E-state index is 5.89. The Bertz CT molecular complexity index is 681. The zero-order valence-corrected chi connectivity index (χ0v) is 11.5. The summed E-state index contributed by atoms with van der Waals surface area (Å²) in [6.07, 6.45) is 0. The van der Waals surface area contributed by atoms with Gasteiger partial charge in [0.05, 0.1) is 10.2 Å². The fraction of sp³-hybridized carbons (Fsp3) is 0.250. The van der Waals surface area contributed by atoms with E-state index in [1.54, 1.807) is 4.68 Å². The number of nitrogen functional groups attached to an aromatic ring is 1. The van der Waals surface area contributed by atoms with Crippen molar-refractivity contribution >= 4 is 33.5 Å². The van der Waals surface area contributed by atoms with E-state index in [9.17, 15) is 0 Å². The molecular formula is C12H14N6S. The quantitative estimate of drug-likeness (QED) is 0.765. The lowest BCUT2D eigenvalue weighted by Gasteiger charge is -2.02. The highest BCUT2D eigenvalue weighted by molar-refractivity contribution is 7.20. The van der Waals surface area contributed by atoms with Gasteiger partial charge in [0, 0.05) is 6.04 Å². The van der Waals surface area contributed by atoms with Crippen molar-refractivity contribution in [3.8, 4) is 5.13 Å². The van der Waals surface area contributed by atoms with Crippen LogP contribution in [-0.2, 0) is 0 Å². The normalized spacial score (nSPS) is 11.3. The van der Waals surface area contributed by atoms with Gasteiger partial charge in [-0.05, 0) is 26.0 Å². The van der Waals surface area contributed by atoms with Gasteiger partial charge in [-0.3, -0.25) is 0 Å². The van der Waals surface area contributed by atoms with Crippen LogP contribution < -0.4 is 11.1 Å². The van der Waals surface area contributed by atoms with Gasteiger partial charge in [0.2, 0.25) is 17.0 Å². The molecule has 0 atom stereocenters. The Balaban J connectivity index is 2.03. The monoisotopic (exact) mass is 274 g/mol. The first-order valence-electron chi connectivity index (χ1n) is 5.98. The van der Waals surface area contributed by atoms with E-state index in [0.29, 0.717) is 11.9 Å². The highest BCUT2D eigenvalue weighted by atomic mass is 32.1. The van der Waals surface area contributed by atoms with Crippen molar-refractivity contribution in [2.75, 3.05) is 11.1 Å². The minimum atomic E-state index is 0.255. The van der Waals surface area contributed by atoms with E-state index in [1.165, 1.54) is 11.3 Å². The van der Waals surface area contributed by atoms with Gasteiger partial charge >= 0.3 is 0 Å². The van der Waals surface area contributed by atoms with Crippen molar-refractivity contribution in [2.24, 2.45) is 0 Å². The number of rotatable bonds is 3. The first-order chi connectivity index (χ1) is 9.13. The molecule has 0 fully saturated rings. The Morgan fingerprint density at radius 3 is 2.79 bits per heavy atom. The number of benzene rings is 1. The summed E-state index contributed by atoms with van der Waals surface area (Å²) in [4.78, 5) is 8.69. The predicted molar refractivity (Wildman–Crippen MR) is 77.7 cm³/mol. The zero-order valence-electron chi connectivity index (χ0n) is 10.7. The Hall–Kier alpha value is -2.15. The predicted octanol–water partition coefficient (Wildman–Crippen LogP) is 2.28. The van der Waals surface area contributed by atoms with Crippen LogP contribution in [0.25, 0.3) is 15.3 Å². The lowest BCUT2D eigenvalue weighted by atomic mass is 10.3. The highest BCUT2D eigenvalue weighted by Gasteiger charge is 2.13. The molecule has 98 valence electrons. The topological polar surface area (TPSA) is 81.6 Å². The maximum absolute atomic E-state index is 5.89. The number of thiazole rings is 1. The molecule has 7 heteroatoms. The molecule has 0 aliphatic heterocycles. The summed E-state index contributed by atoms with van der Waals surface area (Å²) in [6.45, 7) is 4.04. The third kappa shape index (κ3) is 2.24. The molecule has 0 spiro atoms. The number of hydrogen-bond donors (Lipinski definition) is 2. The number of para-hydroxylation sites is 1. The molecule has 3 rings (SSSR count). The minimum absolute atomic E-state index is 0.255. The number of fused-ring (bicyclic) bond motifs is 1. The van der Waals surface area contributed by atoms with Crippen LogP contribution in [0.15, 0.2) is 24.3 Å². The second kappa shape index (κ2) is 4.51. The van der Waals surface area contributed by atoms with Crippen LogP contribution in [0.3, 0.4) is 0 Å². The molecule has 2 heterocycles. The smallest absolute Gasteiger partial charge is 0.244 e. The van der Waals surface area contributed by atoms with Crippen molar-refractivity contribution in [1.82, 2.24) is 19.7 Å². The summed E-state index contributed by atoms with van der Waals surface area (Å²) in [5, 5.41) is 8.18. The molecule has 0 saturated heterocycles. The molecule has 6 nitrogen and oxygen atoms in total. The second-order valence-electron chi connectivity index (χ2n) is 4.47. The summed E-state index contributed by atoms with van der Waals surface area (Å²) in [6, 6.07) is 8.20. The largest absolute Gasteiger partial charge is 0.368 e. The fourth-order valence-electron chi connectivity index (χ4n) is 1.73. The number of aromatic nitrogens is 4. The minimum Gasteiger partial charge on any atom is -0.368 e. The Morgan fingerprint density at radius 1 is 1.26 bits per heavy atom. The van der Waals surface area contributed by atoms with Crippen molar-refractivity contribution in [1.29, 1.82) is 0 Å². The van der Waals surface area contributed by atoms with Crippen LogP contribution in [0, 0.1) is 0 Å². The molecular weight excluding hydrogens is 260 g/mol. The Morgan fingerprint density at radius 2 is 2.05 bits per heavy atom. The summed E-state index contributed by atoms with van der Waals surface area (Å²) in [5.74, 6) is 0.856. The number of anilines is 2. The lowest BCUT2D eigenvalue weighted by molar-refractivity contribution is 0.846. The van der Waals surface area contributed by atoms with E-state index in [-0.39, 0.29) is 6.04 Å². The summed E-state index contributed by atoms with van der Waals surface area (Å²) >= 11 is 1.54. The van der Waals surface area contributed by atoms with Crippen LogP contribution in [0.5, 0.6) is 0 Å².